The normalized spacial score (nSPS) is 17.1. The van der Waals surface area contributed by atoms with E-state index in [1.54, 1.807) is 12.3 Å². The number of carbonyl (C=O) groups excluding carboxylic acids is 1. The molecular weight excluding hydrogens is 424 g/mol. The van der Waals surface area contributed by atoms with E-state index in [9.17, 15) is 4.79 Å². The number of allylic oxidation sites excluding steroid dienone is 5. The quantitative estimate of drug-likeness (QED) is 0.148. The van der Waals surface area contributed by atoms with Crippen molar-refractivity contribution in [3.05, 3.63) is 78.2 Å². The lowest BCUT2D eigenvalue weighted by molar-refractivity contribution is 0.0462. The topological polar surface area (TPSA) is 88.1 Å². The maximum absolute atomic E-state index is 13.1. The summed E-state index contributed by atoms with van der Waals surface area (Å²) in [6.45, 7) is 23.6. The number of H-pyrrole nitrogens is 1. The van der Waals surface area contributed by atoms with Gasteiger partial charge in [-0.1, -0.05) is 24.6 Å². The molecule has 1 aromatic rings. The lowest BCUT2D eigenvalue weighted by atomic mass is 10.0. The summed E-state index contributed by atoms with van der Waals surface area (Å²) in [4.78, 5) is 16.2. The number of rotatable bonds is 13. The first-order chi connectivity index (χ1) is 16.0. The summed E-state index contributed by atoms with van der Waals surface area (Å²) in [6, 6.07) is 2.35. The predicted molar refractivity (Wildman–Crippen MR) is 141 cm³/mol. The van der Waals surface area contributed by atoms with Crippen LogP contribution in [0.5, 0.6) is 0 Å². The molecule has 1 aliphatic rings. The molecule has 1 aliphatic heterocycles. The zero-order valence-electron chi connectivity index (χ0n) is 21.3. The van der Waals surface area contributed by atoms with Crippen LogP contribution in [0.25, 0.3) is 5.57 Å². The van der Waals surface area contributed by atoms with Crippen molar-refractivity contribution in [1.82, 2.24) is 20.9 Å². The Hall–Kier alpha value is -3.01. The number of aromatic amines is 1. The molecule has 0 spiro atoms. The van der Waals surface area contributed by atoms with Crippen LogP contribution in [0.1, 0.15) is 63.5 Å². The summed E-state index contributed by atoms with van der Waals surface area (Å²) in [5.74, 6) is 0.599. The molecule has 3 atom stereocenters. The molecule has 4 N–H and O–H groups in total. The van der Waals surface area contributed by atoms with E-state index in [1.165, 1.54) is 0 Å². The Balaban J connectivity index is 2.05. The highest BCUT2D eigenvalue weighted by molar-refractivity contribution is 5.95. The molecule has 1 saturated heterocycles. The van der Waals surface area contributed by atoms with Crippen molar-refractivity contribution < 1.29 is 9.53 Å². The first kappa shape index (κ1) is 27.2. The third kappa shape index (κ3) is 9.86. The standard InChI is InChI=1S/C28H40N4O2/c1-9-10-11-19(2)14-20(3)26-15-23(16-31-26)27(33)32-25(22(5)29-17-24-18-30-24)13-12-21(4)34-28(6,7)8/h11,14-16,22,24-25,29-31H,1,3-4,12-13,17-18H2,2,5-8H3,(H,32,33)/b19-14-/t22?,24?,25-/m0/s1. The third-order valence-electron chi connectivity index (χ3n) is 5.38. The molecule has 2 rings (SSSR count). The lowest BCUT2D eigenvalue weighted by Gasteiger charge is -2.28. The lowest BCUT2D eigenvalue weighted by Crippen LogP contribution is -2.49. The van der Waals surface area contributed by atoms with E-state index in [2.05, 4.69) is 59.1 Å². The molecule has 2 heterocycles. The van der Waals surface area contributed by atoms with Gasteiger partial charge in [0.15, 0.2) is 0 Å². The average molecular weight is 465 g/mol. The van der Waals surface area contributed by atoms with E-state index in [4.69, 9.17) is 4.74 Å². The minimum Gasteiger partial charge on any atom is -0.493 e. The van der Waals surface area contributed by atoms with Crippen molar-refractivity contribution >= 4 is 11.5 Å². The number of ether oxygens (including phenoxy) is 1. The van der Waals surface area contributed by atoms with Crippen LogP contribution in [-0.2, 0) is 4.74 Å². The fourth-order valence-corrected chi connectivity index (χ4v) is 3.47. The first-order valence-corrected chi connectivity index (χ1v) is 11.8. The number of amides is 1. The van der Waals surface area contributed by atoms with Crippen LogP contribution < -0.4 is 16.0 Å². The van der Waals surface area contributed by atoms with Crippen molar-refractivity contribution in [2.45, 2.75) is 71.2 Å². The molecule has 2 unspecified atom stereocenters. The van der Waals surface area contributed by atoms with Gasteiger partial charge in [-0.25, -0.2) is 0 Å². The zero-order valence-corrected chi connectivity index (χ0v) is 21.3. The van der Waals surface area contributed by atoms with E-state index in [-0.39, 0.29) is 23.6 Å². The van der Waals surface area contributed by atoms with Gasteiger partial charge in [0.1, 0.15) is 5.60 Å². The van der Waals surface area contributed by atoms with E-state index in [0.717, 1.165) is 42.1 Å². The molecule has 0 saturated carbocycles. The average Bonchev–Trinajstić information content (AvgIpc) is 3.44. The van der Waals surface area contributed by atoms with Crippen molar-refractivity contribution in [2.24, 2.45) is 0 Å². The van der Waals surface area contributed by atoms with Crippen LogP contribution in [0.2, 0.25) is 0 Å². The summed E-state index contributed by atoms with van der Waals surface area (Å²) < 4.78 is 5.88. The van der Waals surface area contributed by atoms with Gasteiger partial charge in [-0.3, -0.25) is 4.79 Å². The number of aromatic nitrogens is 1. The first-order valence-electron chi connectivity index (χ1n) is 11.8. The highest BCUT2D eigenvalue weighted by Gasteiger charge is 2.25. The highest BCUT2D eigenvalue weighted by Crippen LogP contribution is 2.19. The van der Waals surface area contributed by atoms with Crippen LogP contribution in [-0.4, -0.2) is 47.7 Å². The number of carbonyl (C=O) groups is 1. The van der Waals surface area contributed by atoms with E-state index in [1.807, 2.05) is 39.8 Å². The van der Waals surface area contributed by atoms with Crippen molar-refractivity contribution in [3.63, 3.8) is 0 Å². The molecule has 1 amide bonds. The summed E-state index contributed by atoms with van der Waals surface area (Å²) in [5, 5.41) is 10.0. The predicted octanol–water partition coefficient (Wildman–Crippen LogP) is 4.63. The summed E-state index contributed by atoms with van der Waals surface area (Å²) in [6.07, 6.45) is 6.80. The van der Waals surface area contributed by atoms with Gasteiger partial charge in [-0.2, -0.15) is 0 Å². The maximum Gasteiger partial charge on any atom is 0.253 e. The van der Waals surface area contributed by atoms with Gasteiger partial charge in [0.25, 0.3) is 5.91 Å². The molecule has 1 aromatic heterocycles. The van der Waals surface area contributed by atoms with E-state index >= 15 is 0 Å². The summed E-state index contributed by atoms with van der Waals surface area (Å²) >= 11 is 0. The van der Waals surface area contributed by atoms with Gasteiger partial charge in [0, 0.05) is 49.5 Å². The molecule has 0 bridgehead atoms. The van der Waals surface area contributed by atoms with Crippen LogP contribution >= 0.6 is 0 Å². The van der Waals surface area contributed by atoms with Crippen LogP contribution in [0, 0.1) is 0 Å². The number of hydrogen-bond acceptors (Lipinski definition) is 4. The van der Waals surface area contributed by atoms with Crippen molar-refractivity contribution in [2.75, 3.05) is 13.1 Å². The smallest absolute Gasteiger partial charge is 0.253 e. The molecule has 34 heavy (non-hydrogen) atoms. The fourth-order valence-electron chi connectivity index (χ4n) is 3.47. The van der Waals surface area contributed by atoms with Gasteiger partial charge < -0.3 is 25.7 Å². The summed E-state index contributed by atoms with van der Waals surface area (Å²) in [7, 11) is 0. The Bertz CT molecular complexity index is 994. The molecule has 0 aromatic carbocycles. The Morgan fingerprint density at radius 1 is 1.38 bits per heavy atom. The molecule has 6 heteroatoms. The molecule has 184 valence electrons. The second-order valence-electron chi connectivity index (χ2n) is 9.85. The minimum atomic E-state index is -0.286. The van der Waals surface area contributed by atoms with Crippen molar-refractivity contribution in [3.8, 4) is 0 Å². The monoisotopic (exact) mass is 464 g/mol. The Morgan fingerprint density at radius 3 is 2.71 bits per heavy atom. The van der Waals surface area contributed by atoms with Crippen LogP contribution in [0.4, 0.5) is 0 Å². The summed E-state index contributed by atoms with van der Waals surface area (Å²) in [5.41, 5.74) is 8.22. The van der Waals surface area contributed by atoms with E-state index in [0.29, 0.717) is 18.0 Å². The highest BCUT2D eigenvalue weighted by atomic mass is 16.5. The fraction of sp³-hybridized carbons (Fsp3) is 0.464. The van der Waals surface area contributed by atoms with Gasteiger partial charge in [0.2, 0.25) is 0 Å². The van der Waals surface area contributed by atoms with Gasteiger partial charge in [0.05, 0.1) is 11.3 Å². The minimum absolute atomic E-state index is 0.0777. The number of hydrogen-bond donors (Lipinski definition) is 4. The van der Waals surface area contributed by atoms with Gasteiger partial charge in [-0.05, 0) is 77.0 Å². The third-order valence-corrected chi connectivity index (χ3v) is 5.38. The Kier molecular flexibility index (Phi) is 9.97. The van der Waals surface area contributed by atoms with Crippen molar-refractivity contribution in [1.29, 1.82) is 0 Å². The molecule has 0 radical (unpaired) electrons. The maximum atomic E-state index is 13.1. The van der Waals surface area contributed by atoms with E-state index < -0.39 is 0 Å². The van der Waals surface area contributed by atoms with Crippen LogP contribution in [0.15, 0.2) is 66.9 Å². The zero-order chi connectivity index (χ0) is 25.3. The number of nitrogens with one attached hydrogen (secondary N) is 4. The second-order valence-corrected chi connectivity index (χ2v) is 9.85. The molecule has 6 nitrogen and oxygen atoms in total. The Labute approximate surface area is 204 Å². The largest absolute Gasteiger partial charge is 0.493 e. The molecule has 1 fully saturated rings. The second kappa shape index (κ2) is 12.5. The molecular formula is C28H40N4O2. The van der Waals surface area contributed by atoms with Crippen LogP contribution in [0.3, 0.4) is 0 Å². The SMILES string of the molecule is C=C=C=C/C(C)=C\C(=C)c1cc(C(=O)N[C@@H](CCC(=C)OC(C)(C)C)C(C)NCC2CN2)c[nH]1. The van der Waals surface area contributed by atoms with Gasteiger partial charge >= 0.3 is 0 Å². The van der Waals surface area contributed by atoms with Gasteiger partial charge in [-0.15, -0.1) is 0 Å². The molecule has 0 aliphatic carbocycles. The Morgan fingerprint density at radius 2 is 2.09 bits per heavy atom.